The van der Waals surface area contributed by atoms with Crippen LogP contribution in [0.4, 0.5) is 0 Å². The van der Waals surface area contributed by atoms with E-state index in [0.717, 1.165) is 48.9 Å². The van der Waals surface area contributed by atoms with Crippen molar-refractivity contribution >= 4 is 39.2 Å². The molecule has 27 heavy (non-hydrogen) atoms. The highest BCUT2D eigenvalue weighted by Gasteiger charge is 2.27. The predicted molar refractivity (Wildman–Crippen MR) is 109 cm³/mol. The van der Waals surface area contributed by atoms with Gasteiger partial charge in [0.05, 0.1) is 23.3 Å². The van der Waals surface area contributed by atoms with E-state index in [4.69, 9.17) is 9.72 Å². The summed E-state index contributed by atoms with van der Waals surface area (Å²) in [6.07, 6.45) is 5.16. The molecule has 0 radical (unpaired) electrons. The second-order valence-electron chi connectivity index (χ2n) is 7.14. The number of nitrogens with one attached hydrogen (secondary N) is 1. The van der Waals surface area contributed by atoms with Crippen LogP contribution >= 0.6 is 23.1 Å². The maximum atomic E-state index is 13.4. The van der Waals surface area contributed by atoms with Crippen LogP contribution in [0.2, 0.25) is 0 Å². The lowest BCUT2D eigenvalue weighted by Gasteiger charge is -2.18. The highest BCUT2D eigenvalue weighted by atomic mass is 32.2. The lowest BCUT2D eigenvalue weighted by atomic mass is 10.2. The van der Waals surface area contributed by atoms with Crippen LogP contribution in [-0.2, 0) is 28.9 Å². The third-order valence-corrected chi connectivity index (χ3v) is 7.48. The van der Waals surface area contributed by atoms with Gasteiger partial charge in [-0.25, -0.2) is 4.98 Å². The molecular weight excluding hydrogens is 382 g/mol. The van der Waals surface area contributed by atoms with E-state index >= 15 is 0 Å². The molecule has 6 nitrogen and oxygen atoms in total. The third kappa shape index (κ3) is 3.67. The monoisotopic (exact) mass is 407 g/mol. The van der Waals surface area contributed by atoms with E-state index < -0.39 is 0 Å². The van der Waals surface area contributed by atoms with Crippen LogP contribution in [-0.4, -0.2) is 40.0 Å². The number of aryl methyl sites for hydroxylation is 2. The van der Waals surface area contributed by atoms with Crippen molar-refractivity contribution in [2.45, 2.75) is 69.0 Å². The average molecular weight is 408 g/mol. The summed E-state index contributed by atoms with van der Waals surface area (Å²) in [4.78, 5) is 32.5. The first-order valence-electron chi connectivity index (χ1n) is 9.69. The van der Waals surface area contributed by atoms with Crippen LogP contribution in [0.1, 0.15) is 43.6 Å². The molecule has 1 N–H and O–H groups in total. The zero-order valence-corrected chi connectivity index (χ0v) is 17.4. The minimum absolute atomic E-state index is 0.0282. The highest BCUT2D eigenvalue weighted by molar-refractivity contribution is 8.00. The van der Waals surface area contributed by atoms with Crippen molar-refractivity contribution in [3.05, 3.63) is 20.8 Å². The summed E-state index contributed by atoms with van der Waals surface area (Å²) in [5, 5.41) is 3.95. The molecule has 1 fully saturated rings. The van der Waals surface area contributed by atoms with E-state index in [1.54, 1.807) is 15.9 Å². The van der Waals surface area contributed by atoms with Crippen LogP contribution < -0.4 is 10.9 Å². The number of hydrogen-bond donors (Lipinski definition) is 1. The second kappa shape index (κ2) is 7.93. The SMILES string of the molecule is CCNC(=O)[C@H](C)Sc1nc2sc3c(c2c(=O)n1C[C@@H]1CCCO1)CCC3. The number of thioether (sulfide) groups is 1. The Balaban J connectivity index is 1.75. The summed E-state index contributed by atoms with van der Waals surface area (Å²) < 4.78 is 7.52. The number of amides is 1. The summed E-state index contributed by atoms with van der Waals surface area (Å²) in [5.41, 5.74) is 1.22. The summed E-state index contributed by atoms with van der Waals surface area (Å²) in [6, 6.07) is 0. The molecule has 0 aromatic carbocycles. The number of hydrogen-bond acceptors (Lipinski definition) is 6. The number of ether oxygens (including phenoxy) is 1. The molecule has 8 heteroatoms. The molecule has 1 aliphatic heterocycles. The Morgan fingerprint density at radius 1 is 1.44 bits per heavy atom. The van der Waals surface area contributed by atoms with Gasteiger partial charge in [-0.05, 0) is 51.5 Å². The van der Waals surface area contributed by atoms with Gasteiger partial charge in [0.25, 0.3) is 5.56 Å². The molecule has 0 unspecified atom stereocenters. The predicted octanol–water partition coefficient (Wildman–Crippen LogP) is 2.74. The summed E-state index contributed by atoms with van der Waals surface area (Å²) in [6.45, 7) is 5.62. The fraction of sp³-hybridized carbons (Fsp3) is 0.632. The maximum absolute atomic E-state index is 13.4. The van der Waals surface area contributed by atoms with Gasteiger partial charge in [-0.15, -0.1) is 11.3 Å². The van der Waals surface area contributed by atoms with Crippen LogP contribution in [0, 0.1) is 0 Å². The summed E-state index contributed by atoms with van der Waals surface area (Å²) >= 11 is 3.00. The number of nitrogens with zero attached hydrogens (tertiary/aromatic N) is 2. The normalized spacial score (nSPS) is 20.1. The zero-order chi connectivity index (χ0) is 19.0. The van der Waals surface area contributed by atoms with Crippen LogP contribution in [0.5, 0.6) is 0 Å². The van der Waals surface area contributed by atoms with Crippen LogP contribution in [0.3, 0.4) is 0 Å². The molecule has 2 aliphatic rings. The second-order valence-corrected chi connectivity index (χ2v) is 9.53. The lowest BCUT2D eigenvalue weighted by molar-refractivity contribution is -0.120. The summed E-state index contributed by atoms with van der Waals surface area (Å²) in [5.74, 6) is -0.0332. The fourth-order valence-corrected chi connectivity index (χ4v) is 6.08. The molecule has 4 rings (SSSR count). The van der Waals surface area contributed by atoms with Crippen molar-refractivity contribution in [2.24, 2.45) is 0 Å². The quantitative estimate of drug-likeness (QED) is 0.589. The van der Waals surface area contributed by atoms with Crippen LogP contribution in [0.25, 0.3) is 10.2 Å². The average Bonchev–Trinajstić information content (AvgIpc) is 3.35. The molecule has 1 amide bonds. The van der Waals surface area contributed by atoms with Crippen LogP contribution in [0.15, 0.2) is 9.95 Å². The van der Waals surface area contributed by atoms with Gasteiger partial charge in [-0.2, -0.15) is 0 Å². The van der Waals surface area contributed by atoms with Crippen molar-refractivity contribution in [2.75, 3.05) is 13.2 Å². The van der Waals surface area contributed by atoms with Gasteiger partial charge < -0.3 is 10.1 Å². The molecule has 0 spiro atoms. The Labute approximate surface area is 166 Å². The van der Waals surface area contributed by atoms with E-state index in [2.05, 4.69) is 5.32 Å². The Kier molecular flexibility index (Phi) is 5.57. The molecule has 0 bridgehead atoms. The standard InChI is InChI=1S/C19H25N3O3S2/c1-3-20-16(23)11(2)26-19-21-17-15(13-7-4-8-14(13)27-17)18(24)22(19)10-12-6-5-9-25-12/h11-12H,3-10H2,1-2H3,(H,20,23)/t11-,12-/m0/s1. The zero-order valence-electron chi connectivity index (χ0n) is 15.7. The molecule has 2 atom stereocenters. The molecule has 3 heterocycles. The number of carbonyl (C=O) groups excluding carboxylic acids is 1. The minimum Gasteiger partial charge on any atom is -0.376 e. The molecule has 146 valence electrons. The molecule has 1 aliphatic carbocycles. The van der Waals surface area contributed by atoms with E-state index in [-0.39, 0.29) is 22.8 Å². The van der Waals surface area contributed by atoms with Crippen molar-refractivity contribution in [3.8, 4) is 0 Å². The van der Waals surface area contributed by atoms with Crippen molar-refractivity contribution in [1.82, 2.24) is 14.9 Å². The Hall–Kier alpha value is -1.38. The van der Waals surface area contributed by atoms with E-state index in [1.807, 2.05) is 13.8 Å². The van der Waals surface area contributed by atoms with Crippen molar-refractivity contribution < 1.29 is 9.53 Å². The van der Waals surface area contributed by atoms with Gasteiger partial charge in [0, 0.05) is 18.0 Å². The van der Waals surface area contributed by atoms with Gasteiger partial charge in [-0.1, -0.05) is 11.8 Å². The smallest absolute Gasteiger partial charge is 0.263 e. The summed E-state index contributed by atoms with van der Waals surface area (Å²) in [7, 11) is 0. The first-order valence-corrected chi connectivity index (χ1v) is 11.4. The molecule has 1 saturated heterocycles. The lowest BCUT2D eigenvalue weighted by Crippen LogP contribution is -2.33. The molecule has 2 aromatic rings. The topological polar surface area (TPSA) is 73.2 Å². The third-order valence-electron chi connectivity index (χ3n) is 5.20. The van der Waals surface area contributed by atoms with E-state index in [1.165, 1.54) is 22.2 Å². The number of rotatable bonds is 6. The van der Waals surface area contributed by atoms with Gasteiger partial charge in [0.2, 0.25) is 5.91 Å². The number of fused-ring (bicyclic) bond motifs is 3. The first kappa shape index (κ1) is 19.0. The number of thiophene rings is 1. The molecular formula is C19H25N3O3S2. The van der Waals surface area contributed by atoms with Gasteiger partial charge in [0.15, 0.2) is 5.16 Å². The van der Waals surface area contributed by atoms with Gasteiger partial charge in [0.1, 0.15) is 4.83 Å². The molecule has 0 saturated carbocycles. The minimum atomic E-state index is -0.308. The van der Waals surface area contributed by atoms with Crippen molar-refractivity contribution in [3.63, 3.8) is 0 Å². The fourth-order valence-electron chi connectivity index (χ4n) is 3.83. The number of aromatic nitrogens is 2. The van der Waals surface area contributed by atoms with E-state index in [0.29, 0.717) is 18.2 Å². The number of carbonyl (C=O) groups is 1. The van der Waals surface area contributed by atoms with Gasteiger partial charge in [-0.3, -0.25) is 14.2 Å². The maximum Gasteiger partial charge on any atom is 0.263 e. The van der Waals surface area contributed by atoms with E-state index in [9.17, 15) is 9.59 Å². The Bertz CT molecular complexity index is 915. The van der Waals surface area contributed by atoms with Crippen molar-refractivity contribution in [1.29, 1.82) is 0 Å². The Morgan fingerprint density at radius 3 is 3.04 bits per heavy atom. The Morgan fingerprint density at radius 2 is 2.30 bits per heavy atom. The highest BCUT2D eigenvalue weighted by Crippen LogP contribution is 2.36. The van der Waals surface area contributed by atoms with Gasteiger partial charge >= 0.3 is 0 Å². The largest absolute Gasteiger partial charge is 0.376 e. The molecule has 2 aromatic heterocycles. The first-order chi connectivity index (χ1) is 13.1.